The molecule has 1 amide bonds. The van der Waals surface area contributed by atoms with Gasteiger partial charge in [-0.05, 0) is 83.2 Å². The fourth-order valence-corrected chi connectivity index (χ4v) is 4.09. The van der Waals surface area contributed by atoms with E-state index in [0.717, 1.165) is 24.2 Å². The lowest BCUT2D eigenvalue weighted by atomic mass is 9.86. The molecule has 0 radical (unpaired) electrons. The second-order valence-electron chi connectivity index (χ2n) is 10.9. The van der Waals surface area contributed by atoms with Crippen molar-refractivity contribution in [3.05, 3.63) is 89.0 Å². The van der Waals surface area contributed by atoms with Gasteiger partial charge >= 0.3 is 5.97 Å². The molecule has 3 rings (SSSR count). The third-order valence-electron chi connectivity index (χ3n) is 6.57. The molecule has 3 aromatic rings. The number of rotatable bonds is 11. The number of benzene rings is 3. The number of ether oxygens (including phenoxy) is 1. The van der Waals surface area contributed by atoms with E-state index in [4.69, 9.17) is 9.84 Å². The van der Waals surface area contributed by atoms with Crippen LogP contribution >= 0.6 is 0 Å². The molecule has 0 aliphatic heterocycles. The van der Waals surface area contributed by atoms with E-state index in [0.29, 0.717) is 18.1 Å². The Hall–Kier alpha value is -3.60. The maximum atomic E-state index is 12.1. The fraction of sp³-hybridized carbons (Fsp3) is 0.375. The van der Waals surface area contributed by atoms with Crippen molar-refractivity contribution in [1.29, 1.82) is 0 Å². The molecule has 3 aromatic carbocycles. The van der Waals surface area contributed by atoms with Crippen LogP contribution < -0.4 is 10.1 Å². The van der Waals surface area contributed by atoms with E-state index in [1.165, 1.54) is 22.3 Å². The van der Waals surface area contributed by atoms with Crippen LogP contribution in [0.2, 0.25) is 0 Å². The van der Waals surface area contributed by atoms with Gasteiger partial charge in [0.25, 0.3) is 5.91 Å². The van der Waals surface area contributed by atoms with Crippen LogP contribution in [0.5, 0.6) is 5.75 Å². The van der Waals surface area contributed by atoms with E-state index in [1.807, 2.05) is 18.2 Å². The second kappa shape index (κ2) is 12.6. The van der Waals surface area contributed by atoms with Crippen molar-refractivity contribution in [2.24, 2.45) is 5.92 Å². The Labute approximate surface area is 220 Å². The van der Waals surface area contributed by atoms with E-state index in [2.05, 4.69) is 76.3 Å². The summed E-state index contributed by atoms with van der Waals surface area (Å²) in [5.41, 5.74) is 6.76. The van der Waals surface area contributed by atoms with Crippen molar-refractivity contribution < 1.29 is 19.4 Å². The predicted octanol–water partition coefficient (Wildman–Crippen LogP) is 6.81. The minimum Gasteiger partial charge on any atom is -0.493 e. The Bertz CT molecular complexity index is 1190. The van der Waals surface area contributed by atoms with Crippen molar-refractivity contribution in [1.82, 2.24) is 5.32 Å². The summed E-state index contributed by atoms with van der Waals surface area (Å²) in [6, 6.07) is 22.6. The molecule has 0 aromatic heterocycles. The van der Waals surface area contributed by atoms with Crippen LogP contribution in [0, 0.1) is 12.8 Å². The van der Waals surface area contributed by atoms with E-state index < -0.39 is 5.97 Å². The zero-order chi connectivity index (χ0) is 27.0. The SMILES string of the molecule is Cc1ccc(OCC(C)CCc2ccc(C(=O)NCCC(=O)O)cc2)cc1-c1ccc(C(C)(C)C)cc1. The van der Waals surface area contributed by atoms with E-state index in [9.17, 15) is 9.59 Å². The maximum Gasteiger partial charge on any atom is 0.305 e. The molecule has 5 nitrogen and oxygen atoms in total. The van der Waals surface area contributed by atoms with Crippen LogP contribution in [-0.4, -0.2) is 30.1 Å². The van der Waals surface area contributed by atoms with Crippen molar-refractivity contribution >= 4 is 11.9 Å². The average Bonchev–Trinajstić information content (AvgIpc) is 2.86. The molecule has 0 heterocycles. The van der Waals surface area contributed by atoms with Crippen LogP contribution in [0.3, 0.4) is 0 Å². The summed E-state index contributed by atoms with van der Waals surface area (Å²) < 4.78 is 6.16. The molecular formula is C32H39NO4. The van der Waals surface area contributed by atoms with Gasteiger partial charge in [-0.25, -0.2) is 0 Å². The number of aliphatic carboxylic acids is 1. The average molecular weight is 502 g/mol. The van der Waals surface area contributed by atoms with Gasteiger partial charge in [-0.15, -0.1) is 0 Å². The first-order valence-corrected chi connectivity index (χ1v) is 13.0. The molecular weight excluding hydrogens is 462 g/mol. The molecule has 0 aliphatic rings. The summed E-state index contributed by atoms with van der Waals surface area (Å²) in [5, 5.41) is 11.3. The molecule has 196 valence electrons. The van der Waals surface area contributed by atoms with Crippen molar-refractivity contribution in [3.63, 3.8) is 0 Å². The molecule has 0 saturated carbocycles. The van der Waals surface area contributed by atoms with Crippen molar-refractivity contribution in [2.45, 2.75) is 59.3 Å². The number of carbonyl (C=O) groups excluding carboxylic acids is 1. The quantitative estimate of drug-likeness (QED) is 0.303. The van der Waals surface area contributed by atoms with Gasteiger partial charge in [0.15, 0.2) is 0 Å². The van der Waals surface area contributed by atoms with Gasteiger partial charge < -0.3 is 15.2 Å². The summed E-state index contributed by atoms with van der Waals surface area (Å²) in [7, 11) is 0. The third kappa shape index (κ3) is 8.49. The Morgan fingerprint density at radius 2 is 1.65 bits per heavy atom. The highest BCUT2D eigenvalue weighted by atomic mass is 16.5. The molecule has 0 aliphatic carbocycles. The minimum absolute atomic E-state index is 0.0851. The number of carboxylic acid groups (broad SMARTS) is 1. The Morgan fingerprint density at radius 3 is 2.27 bits per heavy atom. The fourth-order valence-electron chi connectivity index (χ4n) is 4.09. The van der Waals surface area contributed by atoms with Gasteiger partial charge in [-0.1, -0.05) is 70.2 Å². The molecule has 1 unspecified atom stereocenters. The number of carbonyl (C=O) groups is 2. The summed E-state index contributed by atoms with van der Waals surface area (Å²) in [5.74, 6) is 0.0695. The summed E-state index contributed by atoms with van der Waals surface area (Å²) >= 11 is 0. The monoisotopic (exact) mass is 501 g/mol. The first-order chi connectivity index (χ1) is 17.5. The Kier molecular flexibility index (Phi) is 9.51. The predicted molar refractivity (Wildman–Crippen MR) is 149 cm³/mol. The van der Waals surface area contributed by atoms with Gasteiger partial charge in [0.1, 0.15) is 5.75 Å². The lowest BCUT2D eigenvalue weighted by Gasteiger charge is -2.19. The van der Waals surface area contributed by atoms with Gasteiger partial charge in [0.2, 0.25) is 0 Å². The van der Waals surface area contributed by atoms with Crippen LogP contribution in [0.25, 0.3) is 11.1 Å². The first kappa shape index (κ1) is 28.0. The Balaban J connectivity index is 1.51. The maximum absolute atomic E-state index is 12.1. The van der Waals surface area contributed by atoms with Crippen molar-refractivity contribution in [2.75, 3.05) is 13.2 Å². The zero-order valence-electron chi connectivity index (χ0n) is 22.6. The lowest BCUT2D eigenvalue weighted by Crippen LogP contribution is -2.25. The number of hydrogen-bond donors (Lipinski definition) is 2. The normalized spacial score (nSPS) is 12.1. The number of hydrogen-bond acceptors (Lipinski definition) is 3. The first-order valence-electron chi connectivity index (χ1n) is 13.0. The van der Waals surface area contributed by atoms with E-state index >= 15 is 0 Å². The minimum atomic E-state index is -0.928. The lowest BCUT2D eigenvalue weighted by molar-refractivity contribution is -0.136. The Morgan fingerprint density at radius 1 is 0.973 bits per heavy atom. The smallest absolute Gasteiger partial charge is 0.305 e. The number of amides is 1. The summed E-state index contributed by atoms with van der Waals surface area (Å²) in [6.07, 6.45) is 1.78. The summed E-state index contributed by atoms with van der Waals surface area (Å²) in [4.78, 5) is 22.7. The van der Waals surface area contributed by atoms with Gasteiger partial charge in [-0.3, -0.25) is 9.59 Å². The van der Waals surface area contributed by atoms with Crippen LogP contribution in [0.15, 0.2) is 66.7 Å². The highest BCUT2D eigenvalue weighted by Gasteiger charge is 2.14. The van der Waals surface area contributed by atoms with E-state index in [1.54, 1.807) is 12.1 Å². The molecule has 0 fully saturated rings. The topological polar surface area (TPSA) is 75.6 Å². The molecule has 37 heavy (non-hydrogen) atoms. The largest absolute Gasteiger partial charge is 0.493 e. The van der Waals surface area contributed by atoms with Gasteiger partial charge in [-0.2, -0.15) is 0 Å². The molecule has 0 saturated heterocycles. The number of nitrogens with one attached hydrogen (secondary N) is 1. The number of carboxylic acids is 1. The molecule has 5 heteroatoms. The van der Waals surface area contributed by atoms with Crippen molar-refractivity contribution in [3.8, 4) is 16.9 Å². The third-order valence-corrected chi connectivity index (χ3v) is 6.57. The molecule has 0 spiro atoms. The molecule has 2 N–H and O–H groups in total. The summed E-state index contributed by atoms with van der Waals surface area (Å²) in [6.45, 7) is 11.8. The highest BCUT2D eigenvalue weighted by molar-refractivity contribution is 5.94. The number of aryl methyl sites for hydroxylation is 2. The zero-order valence-corrected chi connectivity index (χ0v) is 22.6. The standard InChI is InChI=1S/C32H39NO4/c1-22(6-8-24-9-11-26(12-10-24)31(36)33-19-18-30(34)35)21-37-28-17-7-23(2)29(20-28)25-13-15-27(16-14-25)32(3,4)5/h7,9-17,20,22H,6,8,18-19,21H2,1-5H3,(H,33,36)(H,34,35). The van der Waals surface area contributed by atoms with Gasteiger partial charge in [0.05, 0.1) is 13.0 Å². The van der Waals surface area contributed by atoms with E-state index in [-0.39, 0.29) is 24.3 Å². The van der Waals surface area contributed by atoms with Crippen LogP contribution in [0.4, 0.5) is 0 Å². The van der Waals surface area contributed by atoms with Crippen LogP contribution in [0.1, 0.15) is 67.6 Å². The van der Waals surface area contributed by atoms with Gasteiger partial charge in [0, 0.05) is 12.1 Å². The second-order valence-corrected chi connectivity index (χ2v) is 10.9. The molecule has 0 bridgehead atoms. The highest BCUT2D eigenvalue weighted by Crippen LogP contribution is 2.30. The molecule has 1 atom stereocenters. The van der Waals surface area contributed by atoms with Crippen LogP contribution in [-0.2, 0) is 16.6 Å².